The first-order valence-electron chi connectivity index (χ1n) is 10.9. The van der Waals surface area contributed by atoms with E-state index in [1.54, 1.807) is 17.0 Å². The number of aromatic nitrogens is 2. The van der Waals surface area contributed by atoms with Crippen LogP contribution in [0, 0.1) is 19.8 Å². The van der Waals surface area contributed by atoms with E-state index in [1.807, 2.05) is 50.2 Å². The van der Waals surface area contributed by atoms with Crippen molar-refractivity contribution in [2.24, 2.45) is 5.92 Å². The average molecular weight is 436 g/mol. The van der Waals surface area contributed by atoms with E-state index in [1.165, 1.54) is 5.56 Å². The zero-order valence-electron chi connectivity index (χ0n) is 18.5. The SMILES string of the molecule is Cc1ccc(-n2nc(C)cc2NC(=O)CN2CCC(C(=O)NCc3ccco3)CC2)cc1. The van der Waals surface area contributed by atoms with Gasteiger partial charge in [0.1, 0.15) is 11.6 Å². The Morgan fingerprint density at radius 2 is 1.88 bits per heavy atom. The highest BCUT2D eigenvalue weighted by atomic mass is 16.3. The van der Waals surface area contributed by atoms with Crippen LogP contribution in [-0.4, -0.2) is 46.1 Å². The maximum absolute atomic E-state index is 12.7. The summed E-state index contributed by atoms with van der Waals surface area (Å²) >= 11 is 0. The van der Waals surface area contributed by atoms with Crippen LogP contribution in [-0.2, 0) is 16.1 Å². The number of benzene rings is 1. The summed E-state index contributed by atoms with van der Waals surface area (Å²) < 4.78 is 7.00. The Morgan fingerprint density at radius 1 is 1.12 bits per heavy atom. The number of hydrogen-bond donors (Lipinski definition) is 2. The number of furan rings is 1. The zero-order chi connectivity index (χ0) is 22.5. The minimum absolute atomic E-state index is 0.0325. The van der Waals surface area contributed by atoms with Crippen LogP contribution in [0.25, 0.3) is 5.69 Å². The molecule has 0 unspecified atom stereocenters. The smallest absolute Gasteiger partial charge is 0.239 e. The summed E-state index contributed by atoms with van der Waals surface area (Å²) in [5, 5.41) is 10.4. The first-order chi connectivity index (χ1) is 15.5. The Kier molecular flexibility index (Phi) is 6.70. The summed E-state index contributed by atoms with van der Waals surface area (Å²) in [5.74, 6) is 1.33. The van der Waals surface area contributed by atoms with E-state index >= 15 is 0 Å². The highest BCUT2D eigenvalue weighted by Gasteiger charge is 2.26. The monoisotopic (exact) mass is 435 g/mol. The Balaban J connectivity index is 1.27. The van der Waals surface area contributed by atoms with Gasteiger partial charge in [0.2, 0.25) is 11.8 Å². The molecule has 32 heavy (non-hydrogen) atoms. The van der Waals surface area contributed by atoms with Gasteiger partial charge < -0.3 is 15.1 Å². The van der Waals surface area contributed by atoms with Crippen LogP contribution in [0.4, 0.5) is 5.82 Å². The molecule has 2 N–H and O–H groups in total. The van der Waals surface area contributed by atoms with Crippen LogP contribution >= 0.6 is 0 Å². The van der Waals surface area contributed by atoms with Crippen molar-refractivity contribution in [1.29, 1.82) is 0 Å². The molecule has 3 heterocycles. The van der Waals surface area contributed by atoms with E-state index < -0.39 is 0 Å². The molecular formula is C24H29N5O3. The van der Waals surface area contributed by atoms with Gasteiger partial charge in [-0.25, -0.2) is 4.68 Å². The number of nitrogens with zero attached hydrogens (tertiary/aromatic N) is 3. The Hall–Kier alpha value is -3.39. The summed E-state index contributed by atoms with van der Waals surface area (Å²) in [6, 6.07) is 13.5. The van der Waals surface area contributed by atoms with Gasteiger partial charge in [-0.3, -0.25) is 14.5 Å². The van der Waals surface area contributed by atoms with Crippen molar-refractivity contribution < 1.29 is 14.0 Å². The van der Waals surface area contributed by atoms with E-state index in [0.717, 1.165) is 30.0 Å². The van der Waals surface area contributed by atoms with Crippen LogP contribution < -0.4 is 10.6 Å². The van der Waals surface area contributed by atoms with Crippen molar-refractivity contribution >= 4 is 17.6 Å². The van der Waals surface area contributed by atoms with Crippen LogP contribution in [0.5, 0.6) is 0 Å². The molecule has 1 saturated heterocycles. The van der Waals surface area contributed by atoms with Gasteiger partial charge in [-0.2, -0.15) is 5.10 Å². The van der Waals surface area contributed by atoms with E-state index in [0.29, 0.717) is 32.0 Å². The largest absolute Gasteiger partial charge is 0.467 e. The van der Waals surface area contributed by atoms with Crippen LogP contribution in [0.1, 0.15) is 29.9 Å². The second kappa shape index (κ2) is 9.82. The van der Waals surface area contributed by atoms with Crippen LogP contribution in [0.3, 0.4) is 0 Å². The van der Waals surface area contributed by atoms with Gasteiger partial charge in [0, 0.05) is 12.0 Å². The standard InChI is InChI=1S/C24H29N5O3/c1-17-5-7-20(8-6-17)29-22(14-18(2)27-29)26-23(30)16-28-11-9-19(10-12-28)24(31)25-15-21-4-3-13-32-21/h3-8,13-14,19H,9-12,15-16H2,1-2H3,(H,25,31)(H,26,30). The van der Waals surface area contributed by atoms with Crippen molar-refractivity contribution in [2.75, 3.05) is 25.0 Å². The lowest BCUT2D eigenvalue weighted by atomic mass is 9.96. The van der Waals surface area contributed by atoms with Gasteiger partial charge >= 0.3 is 0 Å². The summed E-state index contributed by atoms with van der Waals surface area (Å²) in [5.41, 5.74) is 2.91. The molecule has 8 nitrogen and oxygen atoms in total. The number of amides is 2. The lowest BCUT2D eigenvalue weighted by Crippen LogP contribution is -2.43. The predicted octanol–water partition coefficient (Wildman–Crippen LogP) is 3.05. The van der Waals surface area contributed by atoms with Crippen molar-refractivity contribution in [3.05, 3.63) is 65.7 Å². The number of anilines is 1. The lowest BCUT2D eigenvalue weighted by Gasteiger charge is -2.30. The van der Waals surface area contributed by atoms with Gasteiger partial charge in [0.05, 0.1) is 30.7 Å². The van der Waals surface area contributed by atoms with Crippen molar-refractivity contribution in [1.82, 2.24) is 20.0 Å². The molecule has 0 spiro atoms. The molecule has 0 saturated carbocycles. The van der Waals surface area contributed by atoms with E-state index in [2.05, 4.69) is 20.6 Å². The quantitative estimate of drug-likeness (QED) is 0.595. The topological polar surface area (TPSA) is 92.4 Å². The van der Waals surface area contributed by atoms with Crippen LogP contribution in [0.2, 0.25) is 0 Å². The first kappa shape index (κ1) is 21.8. The Morgan fingerprint density at radius 3 is 2.56 bits per heavy atom. The molecule has 1 aromatic carbocycles. The third-order valence-electron chi connectivity index (χ3n) is 5.72. The Bertz CT molecular complexity index is 1050. The number of hydrogen-bond acceptors (Lipinski definition) is 5. The zero-order valence-corrected chi connectivity index (χ0v) is 18.5. The number of carbonyl (C=O) groups excluding carboxylic acids is 2. The van der Waals surface area contributed by atoms with Crippen LogP contribution in [0.15, 0.2) is 53.1 Å². The molecule has 0 bridgehead atoms. The maximum Gasteiger partial charge on any atom is 0.239 e. The fourth-order valence-electron chi connectivity index (χ4n) is 3.94. The van der Waals surface area contributed by atoms with E-state index in [-0.39, 0.29) is 17.7 Å². The minimum Gasteiger partial charge on any atom is -0.467 e. The molecule has 0 radical (unpaired) electrons. The minimum atomic E-state index is -0.0843. The molecule has 1 aliphatic rings. The average Bonchev–Trinajstić information content (AvgIpc) is 3.42. The Labute approximate surface area is 187 Å². The molecular weight excluding hydrogens is 406 g/mol. The molecule has 3 aromatic rings. The normalized spacial score (nSPS) is 14.9. The number of carbonyl (C=O) groups is 2. The van der Waals surface area contributed by atoms with E-state index in [9.17, 15) is 9.59 Å². The number of rotatable bonds is 7. The van der Waals surface area contributed by atoms with E-state index in [4.69, 9.17) is 4.42 Å². The lowest BCUT2D eigenvalue weighted by molar-refractivity contribution is -0.126. The molecule has 4 rings (SSSR count). The number of piperidine rings is 1. The molecule has 8 heteroatoms. The maximum atomic E-state index is 12.7. The van der Waals surface area contributed by atoms with Gasteiger partial charge in [0.25, 0.3) is 0 Å². The van der Waals surface area contributed by atoms with Gasteiger partial charge in [0.15, 0.2) is 0 Å². The van der Waals surface area contributed by atoms with Crippen molar-refractivity contribution in [2.45, 2.75) is 33.2 Å². The third kappa shape index (κ3) is 5.45. The molecule has 168 valence electrons. The highest BCUT2D eigenvalue weighted by Crippen LogP contribution is 2.20. The number of nitrogens with one attached hydrogen (secondary N) is 2. The second-order valence-corrected chi connectivity index (χ2v) is 8.31. The van der Waals surface area contributed by atoms with Crippen molar-refractivity contribution in [3.63, 3.8) is 0 Å². The first-order valence-corrected chi connectivity index (χ1v) is 10.9. The molecule has 2 amide bonds. The molecule has 1 fully saturated rings. The van der Waals surface area contributed by atoms with Gasteiger partial charge in [-0.15, -0.1) is 0 Å². The van der Waals surface area contributed by atoms with Crippen molar-refractivity contribution in [3.8, 4) is 5.69 Å². The number of aryl methyl sites for hydroxylation is 2. The summed E-state index contributed by atoms with van der Waals surface area (Å²) in [7, 11) is 0. The summed E-state index contributed by atoms with van der Waals surface area (Å²) in [4.78, 5) is 27.2. The molecule has 1 aliphatic heterocycles. The second-order valence-electron chi connectivity index (χ2n) is 8.31. The number of likely N-dealkylation sites (tertiary alicyclic amines) is 1. The summed E-state index contributed by atoms with van der Waals surface area (Å²) in [6.07, 6.45) is 3.06. The third-order valence-corrected chi connectivity index (χ3v) is 5.72. The molecule has 0 atom stereocenters. The van der Waals surface area contributed by atoms with Gasteiger partial charge in [-0.05, 0) is 64.0 Å². The molecule has 0 aliphatic carbocycles. The highest BCUT2D eigenvalue weighted by molar-refractivity contribution is 5.91. The predicted molar refractivity (Wildman–Crippen MR) is 121 cm³/mol. The van der Waals surface area contributed by atoms with Gasteiger partial charge in [-0.1, -0.05) is 17.7 Å². The summed E-state index contributed by atoms with van der Waals surface area (Å²) in [6.45, 7) is 6.06. The fraction of sp³-hybridized carbons (Fsp3) is 0.375. The fourth-order valence-corrected chi connectivity index (χ4v) is 3.94. The molecule has 2 aromatic heterocycles.